The number of benzene rings is 2. The van der Waals surface area contributed by atoms with Crippen LogP contribution >= 0.6 is 0 Å². The van der Waals surface area contributed by atoms with E-state index in [0.717, 1.165) is 55.3 Å². The van der Waals surface area contributed by atoms with Crippen LogP contribution in [0.4, 0.5) is 11.4 Å². The molecule has 3 rings (SSSR count). The van der Waals surface area contributed by atoms with Crippen molar-refractivity contribution in [1.29, 1.82) is 0 Å². The number of hydrogen-bond acceptors (Lipinski definition) is 4. The number of likely N-dealkylation sites (N-methyl/N-ethyl adjacent to an activating group) is 1. The molecule has 0 radical (unpaired) electrons. The van der Waals surface area contributed by atoms with Gasteiger partial charge in [-0.3, -0.25) is 4.79 Å². The molecule has 0 saturated carbocycles. The van der Waals surface area contributed by atoms with Crippen molar-refractivity contribution in [2.75, 3.05) is 50.1 Å². The maximum absolute atomic E-state index is 12.6. The minimum absolute atomic E-state index is 0.124. The van der Waals surface area contributed by atoms with E-state index < -0.39 is 0 Å². The number of ether oxygens (including phenoxy) is 1. The van der Waals surface area contributed by atoms with Crippen molar-refractivity contribution in [3.63, 3.8) is 0 Å². The predicted molar refractivity (Wildman–Crippen MR) is 111 cm³/mol. The van der Waals surface area contributed by atoms with Gasteiger partial charge < -0.3 is 19.9 Å². The summed E-state index contributed by atoms with van der Waals surface area (Å²) in [6.07, 6.45) is 0. The molecule has 2 aromatic carbocycles. The number of nitrogens with one attached hydrogen (secondary N) is 1. The van der Waals surface area contributed by atoms with Gasteiger partial charge in [0, 0.05) is 43.1 Å². The number of aryl methyl sites for hydroxylation is 2. The topological polar surface area (TPSA) is 44.8 Å². The predicted octanol–water partition coefficient (Wildman–Crippen LogP) is 3.71. The van der Waals surface area contributed by atoms with Crippen molar-refractivity contribution >= 4 is 17.3 Å². The first kappa shape index (κ1) is 19.2. The number of piperazine rings is 1. The van der Waals surface area contributed by atoms with E-state index in [4.69, 9.17) is 4.74 Å². The number of nitrogens with zero attached hydrogens (tertiary/aromatic N) is 2. The van der Waals surface area contributed by atoms with Crippen LogP contribution in [0.25, 0.3) is 0 Å². The van der Waals surface area contributed by atoms with E-state index in [-0.39, 0.29) is 5.91 Å². The fourth-order valence-electron chi connectivity index (χ4n) is 3.46. The molecule has 1 N–H and O–H groups in total. The van der Waals surface area contributed by atoms with Crippen molar-refractivity contribution in [2.24, 2.45) is 0 Å². The Kier molecular flexibility index (Phi) is 6.01. The maximum atomic E-state index is 12.6. The molecule has 27 heavy (non-hydrogen) atoms. The van der Waals surface area contributed by atoms with Crippen LogP contribution in [-0.2, 0) is 0 Å². The molecule has 144 valence electrons. The van der Waals surface area contributed by atoms with Gasteiger partial charge in [0.25, 0.3) is 5.91 Å². The van der Waals surface area contributed by atoms with Crippen molar-refractivity contribution in [2.45, 2.75) is 20.8 Å². The van der Waals surface area contributed by atoms with Crippen molar-refractivity contribution in [1.82, 2.24) is 4.90 Å². The number of rotatable bonds is 5. The van der Waals surface area contributed by atoms with Crippen LogP contribution in [0.3, 0.4) is 0 Å². The van der Waals surface area contributed by atoms with Gasteiger partial charge in [-0.25, -0.2) is 0 Å². The molecule has 1 fully saturated rings. The van der Waals surface area contributed by atoms with Gasteiger partial charge in [-0.15, -0.1) is 0 Å². The molecule has 1 aliphatic rings. The van der Waals surface area contributed by atoms with Gasteiger partial charge in [0.15, 0.2) is 0 Å². The van der Waals surface area contributed by atoms with Crippen LogP contribution in [0.5, 0.6) is 5.75 Å². The zero-order valence-electron chi connectivity index (χ0n) is 16.7. The number of hydrogen-bond donors (Lipinski definition) is 1. The largest absolute Gasteiger partial charge is 0.496 e. The molecule has 0 spiro atoms. The van der Waals surface area contributed by atoms with Gasteiger partial charge in [0.1, 0.15) is 5.75 Å². The highest BCUT2D eigenvalue weighted by Gasteiger charge is 2.17. The van der Waals surface area contributed by atoms with Gasteiger partial charge in [-0.05, 0) is 61.9 Å². The summed E-state index contributed by atoms with van der Waals surface area (Å²) < 4.78 is 5.32. The highest BCUT2D eigenvalue weighted by molar-refractivity contribution is 6.05. The number of anilines is 2. The fourth-order valence-corrected chi connectivity index (χ4v) is 3.46. The molecular weight excluding hydrogens is 338 g/mol. The molecule has 1 amide bonds. The third-order valence-electron chi connectivity index (χ3n) is 5.31. The van der Waals surface area contributed by atoms with Gasteiger partial charge in [0.2, 0.25) is 0 Å². The molecule has 0 aromatic heterocycles. The summed E-state index contributed by atoms with van der Waals surface area (Å²) in [6, 6.07) is 11.8. The van der Waals surface area contributed by atoms with Gasteiger partial charge >= 0.3 is 0 Å². The highest BCUT2D eigenvalue weighted by atomic mass is 16.5. The Bertz CT molecular complexity index is 811. The molecule has 1 saturated heterocycles. The van der Waals surface area contributed by atoms with Crippen LogP contribution in [0.1, 0.15) is 28.4 Å². The Morgan fingerprint density at radius 2 is 1.78 bits per heavy atom. The summed E-state index contributed by atoms with van der Waals surface area (Å²) in [4.78, 5) is 17.5. The summed E-state index contributed by atoms with van der Waals surface area (Å²) >= 11 is 0. The zero-order chi connectivity index (χ0) is 19.4. The van der Waals surface area contributed by atoms with Crippen molar-refractivity contribution < 1.29 is 9.53 Å². The Hall–Kier alpha value is -2.53. The van der Waals surface area contributed by atoms with Crippen LogP contribution in [0.2, 0.25) is 0 Å². The second kappa shape index (κ2) is 8.44. The molecule has 0 aliphatic carbocycles. The molecular formula is C22H29N3O2. The number of amides is 1. The lowest BCUT2D eigenvalue weighted by molar-refractivity contribution is 0.102. The van der Waals surface area contributed by atoms with Crippen LogP contribution in [-0.4, -0.2) is 50.6 Å². The lowest BCUT2D eigenvalue weighted by atomic mass is 10.1. The first-order valence-electron chi connectivity index (χ1n) is 9.55. The highest BCUT2D eigenvalue weighted by Crippen LogP contribution is 2.25. The van der Waals surface area contributed by atoms with E-state index in [1.165, 1.54) is 5.69 Å². The monoisotopic (exact) mass is 367 g/mol. The normalized spacial score (nSPS) is 14.9. The van der Waals surface area contributed by atoms with Crippen molar-refractivity contribution in [3.05, 3.63) is 53.1 Å². The summed E-state index contributed by atoms with van der Waals surface area (Å²) in [5.74, 6) is 0.599. The lowest BCUT2D eigenvalue weighted by Crippen LogP contribution is -2.46. The van der Waals surface area contributed by atoms with Crippen molar-refractivity contribution in [3.8, 4) is 5.75 Å². The SMILES string of the molecule is CCN1CCN(c2ccc(NC(=O)c3ccc(C)c(OC)c3)c(C)c2)CC1. The minimum atomic E-state index is -0.124. The molecule has 2 aromatic rings. The average molecular weight is 367 g/mol. The second-order valence-electron chi connectivity index (χ2n) is 7.06. The molecule has 1 heterocycles. The van der Waals surface area contributed by atoms with Crippen LogP contribution in [0.15, 0.2) is 36.4 Å². The fraction of sp³-hybridized carbons (Fsp3) is 0.409. The van der Waals surface area contributed by atoms with E-state index in [1.807, 2.05) is 32.0 Å². The zero-order valence-corrected chi connectivity index (χ0v) is 16.7. The van der Waals surface area contributed by atoms with E-state index in [2.05, 4.69) is 34.2 Å². The third-order valence-corrected chi connectivity index (χ3v) is 5.31. The van der Waals surface area contributed by atoms with E-state index in [1.54, 1.807) is 13.2 Å². The minimum Gasteiger partial charge on any atom is -0.496 e. The first-order valence-corrected chi connectivity index (χ1v) is 9.55. The molecule has 5 nitrogen and oxygen atoms in total. The smallest absolute Gasteiger partial charge is 0.255 e. The molecule has 5 heteroatoms. The lowest BCUT2D eigenvalue weighted by Gasteiger charge is -2.35. The standard InChI is InChI=1S/C22H29N3O2/c1-5-24-10-12-25(13-11-24)19-8-9-20(17(3)14-19)23-22(26)18-7-6-16(2)21(15-18)27-4/h6-9,14-15H,5,10-13H2,1-4H3,(H,23,26). The van der Waals surface area contributed by atoms with Gasteiger partial charge in [-0.1, -0.05) is 13.0 Å². The Morgan fingerprint density at radius 3 is 2.41 bits per heavy atom. The average Bonchev–Trinajstić information content (AvgIpc) is 2.69. The number of carbonyl (C=O) groups excluding carboxylic acids is 1. The summed E-state index contributed by atoms with van der Waals surface area (Å²) in [5.41, 5.74) is 4.74. The number of methoxy groups -OCH3 is 1. The van der Waals surface area contributed by atoms with E-state index in [0.29, 0.717) is 5.56 Å². The maximum Gasteiger partial charge on any atom is 0.255 e. The molecule has 1 aliphatic heterocycles. The molecule has 0 bridgehead atoms. The third kappa shape index (κ3) is 4.42. The Morgan fingerprint density at radius 1 is 1.04 bits per heavy atom. The van der Waals surface area contributed by atoms with Gasteiger partial charge in [-0.2, -0.15) is 0 Å². The summed E-state index contributed by atoms with van der Waals surface area (Å²) in [5, 5.41) is 3.02. The van der Waals surface area contributed by atoms with E-state index >= 15 is 0 Å². The summed E-state index contributed by atoms with van der Waals surface area (Å²) in [6.45, 7) is 11.6. The Labute approximate surface area is 161 Å². The van der Waals surface area contributed by atoms with E-state index in [9.17, 15) is 4.79 Å². The quantitative estimate of drug-likeness (QED) is 0.875. The second-order valence-corrected chi connectivity index (χ2v) is 7.06. The van der Waals surface area contributed by atoms with Gasteiger partial charge in [0.05, 0.1) is 7.11 Å². The Balaban J connectivity index is 1.70. The number of carbonyl (C=O) groups is 1. The summed E-state index contributed by atoms with van der Waals surface area (Å²) in [7, 11) is 1.62. The van der Waals surface area contributed by atoms with Crippen LogP contribution < -0.4 is 15.0 Å². The molecule has 0 unspecified atom stereocenters. The first-order chi connectivity index (χ1) is 13.0. The molecule has 0 atom stereocenters. The van der Waals surface area contributed by atoms with Crippen LogP contribution in [0, 0.1) is 13.8 Å².